The first-order chi connectivity index (χ1) is 6.59. The van der Waals surface area contributed by atoms with E-state index >= 15 is 0 Å². The zero-order valence-corrected chi connectivity index (χ0v) is 9.13. The lowest BCUT2D eigenvalue weighted by atomic mass is 10.0. The highest BCUT2D eigenvalue weighted by atomic mass is 16.3. The van der Waals surface area contributed by atoms with E-state index in [2.05, 4.69) is 0 Å². The van der Waals surface area contributed by atoms with Gasteiger partial charge in [-0.25, -0.2) is 0 Å². The van der Waals surface area contributed by atoms with Crippen molar-refractivity contribution in [2.24, 2.45) is 5.92 Å². The largest absolute Gasteiger partial charge is 0.466 e. The van der Waals surface area contributed by atoms with E-state index in [1.807, 2.05) is 20.8 Å². The second kappa shape index (κ2) is 3.43. The van der Waals surface area contributed by atoms with Gasteiger partial charge < -0.3 is 9.52 Å². The summed E-state index contributed by atoms with van der Waals surface area (Å²) >= 11 is 0. The minimum absolute atomic E-state index is 0.319. The lowest BCUT2D eigenvalue weighted by Gasteiger charge is -2.09. The summed E-state index contributed by atoms with van der Waals surface area (Å²) in [6.07, 6.45) is 3.15. The molecule has 2 heteroatoms. The lowest BCUT2D eigenvalue weighted by molar-refractivity contribution is 0.158. The van der Waals surface area contributed by atoms with Crippen molar-refractivity contribution in [2.45, 2.75) is 46.1 Å². The topological polar surface area (TPSA) is 33.4 Å². The van der Waals surface area contributed by atoms with E-state index < -0.39 is 0 Å². The molecule has 0 radical (unpaired) electrons. The van der Waals surface area contributed by atoms with E-state index in [9.17, 15) is 5.11 Å². The molecule has 0 amide bonds. The van der Waals surface area contributed by atoms with Crippen molar-refractivity contribution >= 4 is 0 Å². The van der Waals surface area contributed by atoms with Crippen LogP contribution in [-0.4, -0.2) is 5.11 Å². The van der Waals surface area contributed by atoms with Gasteiger partial charge >= 0.3 is 0 Å². The summed E-state index contributed by atoms with van der Waals surface area (Å²) in [5, 5.41) is 10.0. The second-order valence-corrected chi connectivity index (χ2v) is 4.45. The quantitative estimate of drug-likeness (QED) is 0.802. The van der Waals surface area contributed by atoms with E-state index in [0.29, 0.717) is 0 Å². The first kappa shape index (κ1) is 9.78. The van der Waals surface area contributed by atoms with Gasteiger partial charge in [0.05, 0.1) is 6.10 Å². The van der Waals surface area contributed by atoms with E-state index in [0.717, 1.165) is 35.0 Å². The molecule has 1 atom stereocenters. The fraction of sp³-hybridized carbons (Fsp3) is 0.667. The van der Waals surface area contributed by atoms with Crippen LogP contribution in [0.15, 0.2) is 4.42 Å². The minimum atomic E-state index is -0.319. The average molecular weight is 194 g/mol. The molecule has 0 bridgehead atoms. The molecule has 1 aliphatic rings. The number of rotatable bonds is 3. The number of aryl methyl sites for hydroxylation is 2. The van der Waals surface area contributed by atoms with Crippen LogP contribution in [0.1, 0.15) is 48.0 Å². The molecule has 1 aromatic rings. The summed E-state index contributed by atoms with van der Waals surface area (Å²) in [5.74, 6) is 2.57. The van der Waals surface area contributed by atoms with Crippen molar-refractivity contribution in [3.05, 3.63) is 22.6 Å². The van der Waals surface area contributed by atoms with Crippen molar-refractivity contribution in [3.8, 4) is 0 Å². The van der Waals surface area contributed by atoms with Crippen molar-refractivity contribution < 1.29 is 9.52 Å². The fourth-order valence-corrected chi connectivity index (χ4v) is 2.09. The first-order valence-electron chi connectivity index (χ1n) is 5.34. The summed E-state index contributed by atoms with van der Waals surface area (Å²) in [6, 6.07) is 0. The smallest absolute Gasteiger partial charge is 0.107 e. The van der Waals surface area contributed by atoms with Crippen molar-refractivity contribution in [2.75, 3.05) is 0 Å². The molecule has 78 valence electrons. The number of furan rings is 1. The molecule has 0 spiro atoms. The number of hydrogen-bond acceptors (Lipinski definition) is 2. The third-order valence-corrected chi connectivity index (χ3v) is 3.20. The van der Waals surface area contributed by atoms with Crippen LogP contribution in [0, 0.1) is 26.7 Å². The summed E-state index contributed by atoms with van der Waals surface area (Å²) in [4.78, 5) is 0. The van der Waals surface area contributed by atoms with Gasteiger partial charge in [0.1, 0.15) is 11.5 Å². The van der Waals surface area contributed by atoms with Gasteiger partial charge in [0.25, 0.3) is 0 Å². The van der Waals surface area contributed by atoms with Gasteiger partial charge in [0.2, 0.25) is 0 Å². The van der Waals surface area contributed by atoms with Crippen molar-refractivity contribution in [1.82, 2.24) is 0 Å². The molecule has 0 aromatic carbocycles. The normalized spacial score (nSPS) is 18.6. The van der Waals surface area contributed by atoms with Crippen LogP contribution in [0.4, 0.5) is 0 Å². The van der Waals surface area contributed by atoms with Crippen LogP contribution in [0.25, 0.3) is 0 Å². The molecule has 2 rings (SSSR count). The van der Waals surface area contributed by atoms with E-state index in [1.165, 1.54) is 12.8 Å². The summed E-state index contributed by atoms with van der Waals surface area (Å²) in [7, 11) is 0. The molecular weight excluding hydrogens is 176 g/mol. The zero-order chi connectivity index (χ0) is 10.3. The van der Waals surface area contributed by atoms with Gasteiger partial charge in [-0.3, -0.25) is 0 Å². The van der Waals surface area contributed by atoms with Gasteiger partial charge in [0, 0.05) is 5.56 Å². The standard InChI is InChI=1S/C12H18O2/c1-7-8(2)14-9(3)12(7)11(13)6-10-4-5-10/h10-11,13H,4-6H2,1-3H3. The van der Waals surface area contributed by atoms with E-state index in [4.69, 9.17) is 4.42 Å². The van der Waals surface area contributed by atoms with Gasteiger partial charge in [-0.05, 0) is 38.7 Å². The Bertz CT molecular complexity index is 334. The Morgan fingerprint density at radius 2 is 1.93 bits per heavy atom. The van der Waals surface area contributed by atoms with E-state index in [-0.39, 0.29) is 6.10 Å². The third kappa shape index (κ3) is 1.71. The van der Waals surface area contributed by atoms with Gasteiger partial charge in [-0.1, -0.05) is 12.8 Å². The Labute approximate surface area is 84.9 Å². The summed E-state index contributed by atoms with van der Waals surface area (Å²) in [5.41, 5.74) is 2.14. The van der Waals surface area contributed by atoms with Crippen LogP contribution in [-0.2, 0) is 0 Å². The molecule has 1 saturated carbocycles. The Morgan fingerprint density at radius 3 is 2.36 bits per heavy atom. The molecule has 1 fully saturated rings. The number of aliphatic hydroxyl groups is 1. The molecule has 1 heterocycles. The predicted octanol–water partition coefficient (Wildman–Crippen LogP) is 3.04. The maximum absolute atomic E-state index is 10.0. The van der Waals surface area contributed by atoms with Gasteiger partial charge in [0.15, 0.2) is 0 Å². The minimum Gasteiger partial charge on any atom is -0.466 e. The van der Waals surface area contributed by atoms with Crippen molar-refractivity contribution in [1.29, 1.82) is 0 Å². The van der Waals surface area contributed by atoms with E-state index in [1.54, 1.807) is 0 Å². The Hall–Kier alpha value is -0.760. The summed E-state index contributed by atoms with van der Waals surface area (Å²) < 4.78 is 5.51. The molecule has 14 heavy (non-hydrogen) atoms. The van der Waals surface area contributed by atoms with Crippen LogP contribution in [0.2, 0.25) is 0 Å². The Kier molecular flexibility index (Phi) is 2.40. The monoisotopic (exact) mass is 194 g/mol. The molecule has 1 unspecified atom stereocenters. The Balaban J connectivity index is 2.20. The highest BCUT2D eigenvalue weighted by Crippen LogP contribution is 2.39. The maximum Gasteiger partial charge on any atom is 0.107 e. The van der Waals surface area contributed by atoms with Gasteiger partial charge in [-0.15, -0.1) is 0 Å². The maximum atomic E-state index is 10.0. The van der Waals surface area contributed by atoms with Crippen molar-refractivity contribution in [3.63, 3.8) is 0 Å². The second-order valence-electron chi connectivity index (χ2n) is 4.45. The molecule has 0 saturated heterocycles. The van der Waals surface area contributed by atoms with Crippen LogP contribution in [0.5, 0.6) is 0 Å². The average Bonchev–Trinajstić information content (AvgIpc) is 2.83. The zero-order valence-electron chi connectivity index (χ0n) is 9.13. The summed E-state index contributed by atoms with van der Waals surface area (Å²) in [6.45, 7) is 5.92. The molecule has 1 N–H and O–H groups in total. The fourth-order valence-electron chi connectivity index (χ4n) is 2.09. The number of hydrogen-bond donors (Lipinski definition) is 1. The lowest BCUT2D eigenvalue weighted by Crippen LogP contribution is -2.00. The van der Waals surface area contributed by atoms with Gasteiger partial charge in [-0.2, -0.15) is 0 Å². The van der Waals surface area contributed by atoms with Crippen LogP contribution in [0.3, 0.4) is 0 Å². The SMILES string of the molecule is Cc1oc(C)c(C(O)CC2CC2)c1C. The molecule has 2 nitrogen and oxygen atoms in total. The highest BCUT2D eigenvalue weighted by Gasteiger charge is 2.28. The highest BCUT2D eigenvalue weighted by molar-refractivity contribution is 5.33. The van der Waals surface area contributed by atoms with Crippen LogP contribution >= 0.6 is 0 Å². The predicted molar refractivity (Wildman–Crippen MR) is 55.2 cm³/mol. The van der Waals surface area contributed by atoms with Crippen LogP contribution < -0.4 is 0 Å². The third-order valence-electron chi connectivity index (χ3n) is 3.20. The Morgan fingerprint density at radius 1 is 1.29 bits per heavy atom. The molecule has 1 aliphatic carbocycles. The molecule has 0 aliphatic heterocycles. The molecule has 1 aromatic heterocycles. The molecular formula is C12H18O2. The first-order valence-corrected chi connectivity index (χ1v) is 5.34. The number of aliphatic hydroxyl groups excluding tert-OH is 1.